The van der Waals surface area contributed by atoms with Gasteiger partial charge in [0.05, 0.1) is 6.04 Å². The third-order valence-corrected chi connectivity index (χ3v) is 7.07. The highest BCUT2D eigenvalue weighted by Crippen LogP contribution is 2.24. The van der Waals surface area contributed by atoms with Crippen LogP contribution in [0.1, 0.15) is 63.0 Å². The molecule has 0 aliphatic carbocycles. The van der Waals surface area contributed by atoms with Crippen molar-refractivity contribution in [2.75, 3.05) is 18.4 Å². The van der Waals surface area contributed by atoms with Crippen LogP contribution < -0.4 is 10.6 Å². The van der Waals surface area contributed by atoms with Gasteiger partial charge in [-0.25, -0.2) is 0 Å². The monoisotopic (exact) mass is 491 g/mol. The predicted octanol–water partition coefficient (Wildman–Crippen LogP) is 4.22. The van der Waals surface area contributed by atoms with Crippen LogP contribution in [0.5, 0.6) is 0 Å². The Hall–Kier alpha value is -3.59. The standard InChI is InChI=1S/C26H29N5O3S/c1-17-8-10-21(11-9-17)28-23(33)24-29-30-25(35-24)26(34)31-14-12-19(13-15-31)16-22(32)27-18(2)20-6-4-3-5-7-20/h3-11,18-19H,12-16H2,1-2H3,(H,27,32)(H,28,33). The number of benzene rings is 2. The number of aryl methyl sites for hydroxylation is 1. The summed E-state index contributed by atoms with van der Waals surface area (Å²) in [6, 6.07) is 17.3. The van der Waals surface area contributed by atoms with E-state index < -0.39 is 0 Å². The number of aromatic nitrogens is 2. The molecule has 2 heterocycles. The fourth-order valence-corrected chi connectivity index (χ4v) is 4.79. The average molecular weight is 492 g/mol. The summed E-state index contributed by atoms with van der Waals surface area (Å²) in [7, 11) is 0. The van der Waals surface area contributed by atoms with Gasteiger partial charge in [-0.2, -0.15) is 0 Å². The lowest BCUT2D eigenvalue weighted by Gasteiger charge is -2.31. The second-order valence-electron chi connectivity index (χ2n) is 8.87. The first-order valence-electron chi connectivity index (χ1n) is 11.7. The number of nitrogens with zero attached hydrogens (tertiary/aromatic N) is 3. The Morgan fingerprint density at radius 2 is 1.66 bits per heavy atom. The number of piperidine rings is 1. The van der Waals surface area contributed by atoms with Gasteiger partial charge in [0.15, 0.2) is 0 Å². The molecule has 0 saturated carbocycles. The molecule has 4 rings (SSSR count). The molecule has 1 aliphatic rings. The molecule has 0 spiro atoms. The minimum absolute atomic E-state index is 0.0273. The molecule has 1 fully saturated rings. The first kappa shape index (κ1) is 24.5. The molecule has 1 aromatic heterocycles. The van der Waals surface area contributed by atoms with Crippen LogP contribution in [0.3, 0.4) is 0 Å². The van der Waals surface area contributed by atoms with Crippen molar-refractivity contribution in [2.45, 2.75) is 39.2 Å². The molecule has 2 N–H and O–H groups in total. The van der Waals surface area contributed by atoms with E-state index in [2.05, 4.69) is 20.8 Å². The number of likely N-dealkylation sites (tertiary alicyclic amines) is 1. The lowest BCUT2D eigenvalue weighted by atomic mass is 9.93. The zero-order valence-electron chi connectivity index (χ0n) is 19.9. The van der Waals surface area contributed by atoms with Crippen molar-refractivity contribution in [3.8, 4) is 0 Å². The molecule has 182 valence electrons. The third kappa shape index (κ3) is 6.51. The van der Waals surface area contributed by atoms with Gasteiger partial charge in [0.2, 0.25) is 15.9 Å². The quantitative estimate of drug-likeness (QED) is 0.515. The molecule has 3 amide bonds. The molecule has 0 bridgehead atoms. The molecule has 2 aromatic carbocycles. The predicted molar refractivity (Wildman–Crippen MR) is 135 cm³/mol. The Balaban J connectivity index is 1.24. The Kier molecular flexibility index (Phi) is 7.87. The van der Waals surface area contributed by atoms with Gasteiger partial charge in [0.1, 0.15) is 0 Å². The maximum atomic E-state index is 12.9. The number of carbonyl (C=O) groups excluding carboxylic acids is 3. The van der Waals surface area contributed by atoms with Crippen LogP contribution in [0.4, 0.5) is 5.69 Å². The van der Waals surface area contributed by atoms with Crippen molar-refractivity contribution in [1.29, 1.82) is 0 Å². The molecule has 1 saturated heterocycles. The number of nitrogens with one attached hydrogen (secondary N) is 2. The Labute approximate surface area is 208 Å². The summed E-state index contributed by atoms with van der Waals surface area (Å²) in [4.78, 5) is 39.6. The van der Waals surface area contributed by atoms with Crippen molar-refractivity contribution < 1.29 is 14.4 Å². The van der Waals surface area contributed by atoms with E-state index in [-0.39, 0.29) is 39.7 Å². The van der Waals surface area contributed by atoms with Gasteiger partial charge in [0.25, 0.3) is 11.8 Å². The molecule has 8 nitrogen and oxygen atoms in total. The van der Waals surface area contributed by atoms with Crippen LogP contribution in [0, 0.1) is 12.8 Å². The second kappa shape index (κ2) is 11.2. The minimum Gasteiger partial charge on any atom is -0.350 e. The maximum Gasteiger partial charge on any atom is 0.286 e. The molecule has 1 unspecified atom stereocenters. The zero-order valence-corrected chi connectivity index (χ0v) is 20.7. The molecular weight excluding hydrogens is 462 g/mol. The van der Waals surface area contributed by atoms with Crippen LogP contribution in [0.25, 0.3) is 0 Å². The van der Waals surface area contributed by atoms with Gasteiger partial charge in [-0.15, -0.1) is 10.2 Å². The van der Waals surface area contributed by atoms with E-state index in [1.54, 1.807) is 4.90 Å². The molecule has 35 heavy (non-hydrogen) atoms. The van der Waals surface area contributed by atoms with Gasteiger partial charge in [-0.05, 0) is 50.3 Å². The highest BCUT2D eigenvalue weighted by molar-refractivity contribution is 7.15. The summed E-state index contributed by atoms with van der Waals surface area (Å²) >= 11 is 0.992. The number of rotatable bonds is 7. The van der Waals surface area contributed by atoms with Crippen molar-refractivity contribution in [2.24, 2.45) is 5.92 Å². The van der Waals surface area contributed by atoms with Gasteiger partial charge in [-0.3, -0.25) is 14.4 Å². The topological polar surface area (TPSA) is 104 Å². The summed E-state index contributed by atoms with van der Waals surface area (Å²) in [5, 5.41) is 14.0. The van der Waals surface area contributed by atoms with Crippen LogP contribution >= 0.6 is 11.3 Å². The maximum absolute atomic E-state index is 12.9. The van der Waals surface area contributed by atoms with E-state index in [0.29, 0.717) is 25.2 Å². The van der Waals surface area contributed by atoms with E-state index in [1.165, 1.54) is 0 Å². The Morgan fingerprint density at radius 3 is 2.34 bits per heavy atom. The van der Waals surface area contributed by atoms with Crippen LogP contribution in [-0.4, -0.2) is 45.9 Å². The molecule has 1 aliphatic heterocycles. The lowest BCUT2D eigenvalue weighted by Crippen LogP contribution is -2.39. The van der Waals surface area contributed by atoms with Crippen molar-refractivity contribution >= 4 is 34.7 Å². The van der Waals surface area contributed by atoms with Gasteiger partial charge in [-0.1, -0.05) is 59.4 Å². The SMILES string of the molecule is Cc1ccc(NC(=O)c2nnc(C(=O)N3CCC(CC(=O)NC(C)c4ccccc4)CC3)s2)cc1. The Bertz CT molecular complexity index is 1170. The van der Waals surface area contributed by atoms with E-state index >= 15 is 0 Å². The first-order valence-corrected chi connectivity index (χ1v) is 12.6. The van der Waals surface area contributed by atoms with E-state index in [1.807, 2.05) is 68.4 Å². The molecule has 3 aromatic rings. The van der Waals surface area contributed by atoms with Gasteiger partial charge in [0, 0.05) is 25.2 Å². The smallest absolute Gasteiger partial charge is 0.286 e. The van der Waals surface area contributed by atoms with Crippen molar-refractivity contribution in [3.05, 3.63) is 75.7 Å². The molecule has 9 heteroatoms. The zero-order chi connectivity index (χ0) is 24.8. The van der Waals surface area contributed by atoms with E-state index in [4.69, 9.17) is 0 Å². The van der Waals surface area contributed by atoms with Crippen LogP contribution in [0.2, 0.25) is 0 Å². The average Bonchev–Trinajstić information content (AvgIpc) is 3.36. The number of carbonyl (C=O) groups is 3. The number of hydrogen-bond acceptors (Lipinski definition) is 6. The fourth-order valence-electron chi connectivity index (χ4n) is 4.09. The summed E-state index contributed by atoms with van der Waals surface area (Å²) in [5.41, 5.74) is 2.83. The third-order valence-electron chi connectivity index (χ3n) is 6.16. The van der Waals surface area contributed by atoms with E-state index in [9.17, 15) is 14.4 Å². The van der Waals surface area contributed by atoms with Crippen molar-refractivity contribution in [3.63, 3.8) is 0 Å². The first-order chi connectivity index (χ1) is 16.9. The number of amides is 3. The van der Waals surface area contributed by atoms with Crippen LogP contribution in [-0.2, 0) is 4.79 Å². The fraction of sp³-hybridized carbons (Fsp3) is 0.346. The van der Waals surface area contributed by atoms with Gasteiger partial charge < -0.3 is 15.5 Å². The number of hydrogen-bond donors (Lipinski definition) is 2. The number of anilines is 1. The molecular formula is C26H29N5O3S. The summed E-state index contributed by atoms with van der Waals surface area (Å²) in [5.74, 6) is -0.357. The summed E-state index contributed by atoms with van der Waals surface area (Å²) in [6.45, 7) is 5.05. The van der Waals surface area contributed by atoms with Gasteiger partial charge >= 0.3 is 0 Å². The highest BCUT2D eigenvalue weighted by atomic mass is 32.1. The lowest BCUT2D eigenvalue weighted by molar-refractivity contribution is -0.122. The summed E-state index contributed by atoms with van der Waals surface area (Å²) in [6.07, 6.45) is 1.94. The highest BCUT2D eigenvalue weighted by Gasteiger charge is 2.28. The molecule has 1 atom stereocenters. The van der Waals surface area contributed by atoms with Crippen LogP contribution in [0.15, 0.2) is 54.6 Å². The second-order valence-corrected chi connectivity index (χ2v) is 9.85. The Morgan fingerprint density at radius 1 is 1.00 bits per heavy atom. The van der Waals surface area contributed by atoms with E-state index in [0.717, 1.165) is 35.3 Å². The molecule has 0 radical (unpaired) electrons. The normalized spacial score (nSPS) is 14.9. The summed E-state index contributed by atoms with van der Waals surface area (Å²) < 4.78 is 0. The van der Waals surface area contributed by atoms with Crippen molar-refractivity contribution in [1.82, 2.24) is 20.4 Å². The largest absolute Gasteiger partial charge is 0.350 e. The minimum atomic E-state index is -0.389.